The molecule has 1 nitrogen and oxygen atoms in total. The molecule has 0 aliphatic heterocycles. The molecule has 0 aromatic heterocycles. The molecule has 0 saturated carbocycles. The lowest BCUT2D eigenvalue weighted by molar-refractivity contribution is 0.0981. The normalized spacial score (nSPS) is 11.5. The molecule has 0 spiro atoms. The second-order valence-electron chi connectivity index (χ2n) is 2.98. The van der Waals surface area contributed by atoms with E-state index >= 15 is 0 Å². The van der Waals surface area contributed by atoms with Crippen LogP contribution in [0.5, 0.6) is 0 Å². The Hall–Kier alpha value is 0.620. The minimum Gasteiger partial charge on any atom is -0.292 e. The molecule has 0 fully saturated rings. The van der Waals surface area contributed by atoms with Gasteiger partial charge in [0.1, 0.15) is 3.23 Å². The molecule has 0 aliphatic rings. The topological polar surface area (TPSA) is 17.1 Å². The van der Waals surface area contributed by atoms with Crippen LogP contribution in [0.4, 0.5) is 0 Å². The van der Waals surface area contributed by atoms with Crippen molar-refractivity contribution in [2.75, 3.05) is 5.88 Å². The molecule has 1 rings (SSSR count). The molecule has 82 valence electrons. The van der Waals surface area contributed by atoms with Crippen molar-refractivity contribution in [3.63, 3.8) is 0 Å². The van der Waals surface area contributed by atoms with Gasteiger partial charge in [-0.3, -0.25) is 4.79 Å². The first-order chi connectivity index (χ1) is 6.97. The number of hydrogen-bond donors (Lipinski definition) is 0. The Morgan fingerprint density at radius 1 is 1.27 bits per heavy atom. The quantitative estimate of drug-likeness (QED) is 0.509. The summed E-state index contributed by atoms with van der Waals surface area (Å²) in [6, 6.07) is 7.23. The van der Waals surface area contributed by atoms with E-state index in [1.54, 1.807) is 12.1 Å². The standard InChI is InChI=1S/C10H8Br3ClO/c11-8-3-1-7(2-4-8)9(15)10(12,13)5-6-14/h1-4H,5-6H2. The molecule has 0 unspecified atom stereocenters. The number of carbonyl (C=O) groups excluding carboxylic acids is 1. The van der Waals surface area contributed by atoms with Crippen molar-refractivity contribution in [1.82, 2.24) is 0 Å². The number of rotatable bonds is 4. The Morgan fingerprint density at radius 2 is 1.80 bits per heavy atom. The van der Waals surface area contributed by atoms with Gasteiger partial charge < -0.3 is 0 Å². The van der Waals surface area contributed by atoms with E-state index in [0.717, 1.165) is 4.47 Å². The summed E-state index contributed by atoms with van der Waals surface area (Å²) in [5, 5.41) is 0. The monoisotopic (exact) mass is 416 g/mol. The molecule has 1 aromatic carbocycles. The third-order valence-electron chi connectivity index (χ3n) is 1.85. The molecular weight excluding hydrogens is 411 g/mol. The van der Waals surface area contributed by atoms with Gasteiger partial charge in [-0.05, 0) is 18.6 Å². The van der Waals surface area contributed by atoms with E-state index in [9.17, 15) is 4.79 Å². The number of Topliss-reactive ketones (excluding diaryl/α,β-unsaturated/α-hetero) is 1. The highest BCUT2D eigenvalue weighted by atomic mass is 79.9. The maximum atomic E-state index is 12.0. The van der Waals surface area contributed by atoms with E-state index in [0.29, 0.717) is 17.9 Å². The second kappa shape index (κ2) is 5.80. The van der Waals surface area contributed by atoms with Crippen molar-refractivity contribution in [3.05, 3.63) is 34.3 Å². The van der Waals surface area contributed by atoms with Gasteiger partial charge in [0.25, 0.3) is 0 Å². The number of ketones is 1. The van der Waals surface area contributed by atoms with E-state index in [-0.39, 0.29) is 5.78 Å². The van der Waals surface area contributed by atoms with Crippen molar-refractivity contribution < 1.29 is 4.79 Å². The number of hydrogen-bond acceptors (Lipinski definition) is 1. The van der Waals surface area contributed by atoms with Gasteiger partial charge in [0, 0.05) is 15.9 Å². The summed E-state index contributed by atoms with van der Waals surface area (Å²) in [6.45, 7) is 0. The highest BCUT2D eigenvalue weighted by Gasteiger charge is 2.32. The Kier molecular flexibility index (Phi) is 5.29. The maximum Gasteiger partial charge on any atom is 0.190 e. The zero-order chi connectivity index (χ0) is 11.5. The lowest BCUT2D eigenvalue weighted by atomic mass is 10.1. The van der Waals surface area contributed by atoms with E-state index < -0.39 is 3.23 Å². The van der Waals surface area contributed by atoms with Crippen molar-refractivity contribution in [3.8, 4) is 0 Å². The summed E-state index contributed by atoms with van der Waals surface area (Å²) in [6.07, 6.45) is 0.531. The molecule has 0 aliphatic carbocycles. The third kappa shape index (κ3) is 3.84. The molecule has 0 atom stereocenters. The first-order valence-corrected chi connectivity index (χ1v) is 7.13. The Balaban J connectivity index is 2.89. The van der Waals surface area contributed by atoms with Crippen molar-refractivity contribution in [2.24, 2.45) is 0 Å². The maximum absolute atomic E-state index is 12.0. The molecular formula is C10H8Br3ClO. The zero-order valence-corrected chi connectivity index (χ0v) is 13.2. The molecule has 0 radical (unpaired) electrons. The molecule has 15 heavy (non-hydrogen) atoms. The summed E-state index contributed by atoms with van der Waals surface area (Å²) < 4.78 is 0.196. The Bertz CT molecular complexity index is 348. The largest absolute Gasteiger partial charge is 0.292 e. The fourth-order valence-corrected chi connectivity index (χ4v) is 2.90. The fraction of sp³-hybridized carbons (Fsp3) is 0.300. The Labute approximate surface area is 119 Å². The number of carbonyl (C=O) groups is 1. The average molecular weight is 419 g/mol. The van der Waals surface area contributed by atoms with Crippen LogP contribution in [0.25, 0.3) is 0 Å². The van der Waals surface area contributed by atoms with Crippen molar-refractivity contribution in [2.45, 2.75) is 9.65 Å². The molecule has 0 amide bonds. The number of alkyl halides is 3. The summed E-state index contributed by atoms with van der Waals surface area (Å²) in [7, 11) is 0. The van der Waals surface area contributed by atoms with Crippen LogP contribution in [0.2, 0.25) is 0 Å². The summed E-state index contributed by atoms with van der Waals surface area (Å²) in [5.41, 5.74) is 0.650. The van der Waals surface area contributed by atoms with Crippen LogP contribution in [-0.4, -0.2) is 14.9 Å². The van der Waals surface area contributed by atoms with E-state index in [1.807, 2.05) is 12.1 Å². The van der Waals surface area contributed by atoms with Gasteiger partial charge in [-0.1, -0.05) is 59.9 Å². The smallest absolute Gasteiger partial charge is 0.190 e. The van der Waals surface area contributed by atoms with Crippen LogP contribution in [0.1, 0.15) is 16.8 Å². The van der Waals surface area contributed by atoms with Crippen molar-refractivity contribution in [1.29, 1.82) is 0 Å². The number of benzene rings is 1. The second-order valence-corrected chi connectivity index (χ2v) is 8.04. The lowest BCUT2D eigenvalue weighted by Crippen LogP contribution is -2.25. The molecule has 1 aromatic rings. The third-order valence-corrected chi connectivity index (χ3v) is 4.08. The van der Waals surface area contributed by atoms with Gasteiger partial charge >= 0.3 is 0 Å². The van der Waals surface area contributed by atoms with E-state index in [1.165, 1.54) is 0 Å². The average Bonchev–Trinajstić information content (AvgIpc) is 2.18. The highest BCUT2D eigenvalue weighted by Crippen LogP contribution is 2.34. The fourth-order valence-electron chi connectivity index (χ4n) is 1.04. The van der Waals surface area contributed by atoms with Crippen LogP contribution in [-0.2, 0) is 0 Å². The zero-order valence-electron chi connectivity index (χ0n) is 7.64. The van der Waals surface area contributed by atoms with Crippen LogP contribution in [0, 0.1) is 0 Å². The SMILES string of the molecule is O=C(c1ccc(Br)cc1)C(Br)(Br)CCCl. The summed E-state index contributed by atoms with van der Waals surface area (Å²) in [4.78, 5) is 12.0. The molecule has 0 bridgehead atoms. The first-order valence-electron chi connectivity index (χ1n) is 4.21. The van der Waals surface area contributed by atoms with Gasteiger partial charge in [-0.25, -0.2) is 0 Å². The van der Waals surface area contributed by atoms with Gasteiger partial charge in [0.15, 0.2) is 5.78 Å². The van der Waals surface area contributed by atoms with Crippen molar-refractivity contribution >= 4 is 65.2 Å². The van der Waals surface area contributed by atoms with Gasteiger partial charge in [-0.2, -0.15) is 0 Å². The van der Waals surface area contributed by atoms with E-state index in [2.05, 4.69) is 47.8 Å². The van der Waals surface area contributed by atoms with Gasteiger partial charge in [0.2, 0.25) is 0 Å². The highest BCUT2D eigenvalue weighted by molar-refractivity contribution is 9.26. The summed E-state index contributed by atoms with van der Waals surface area (Å²) >= 11 is 15.6. The Morgan fingerprint density at radius 3 is 2.27 bits per heavy atom. The molecule has 0 heterocycles. The van der Waals surface area contributed by atoms with Gasteiger partial charge in [0.05, 0.1) is 0 Å². The minimum absolute atomic E-state index is 0.0179. The minimum atomic E-state index is -0.754. The predicted octanol–water partition coefficient (Wildman–Crippen LogP) is 4.75. The first kappa shape index (κ1) is 13.7. The number of halogens is 4. The molecule has 5 heteroatoms. The van der Waals surface area contributed by atoms with Crippen LogP contribution in [0.15, 0.2) is 28.7 Å². The lowest BCUT2D eigenvalue weighted by Gasteiger charge is -2.17. The summed E-state index contributed by atoms with van der Waals surface area (Å²) in [5.74, 6) is 0.398. The van der Waals surface area contributed by atoms with E-state index in [4.69, 9.17) is 11.6 Å². The van der Waals surface area contributed by atoms with Crippen LogP contribution >= 0.6 is 59.4 Å². The molecule has 0 N–H and O–H groups in total. The predicted molar refractivity (Wildman–Crippen MR) is 74.4 cm³/mol. The van der Waals surface area contributed by atoms with Gasteiger partial charge in [-0.15, -0.1) is 11.6 Å². The van der Waals surface area contributed by atoms with Crippen LogP contribution < -0.4 is 0 Å². The van der Waals surface area contributed by atoms with Crippen LogP contribution in [0.3, 0.4) is 0 Å². The molecule has 0 saturated heterocycles.